The molecular weight excluding hydrogens is 254 g/mol. The first-order valence-electron chi connectivity index (χ1n) is 6.66. The topological polar surface area (TPSA) is 96.7 Å². The average Bonchev–Trinajstić information content (AvgIpc) is 2.92. The molecule has 1 amide bonds. The molecule has 0 saturated heterocycles. The largest absolute Gasteiger partial charge is 0.384 e. The molecule has 0 aliphatic rings. The lowest BCUT2D eigenvalue weighted by molar-refractivity contribution is 0.0939. The van der Waals surface area contributed by atoms with Crippen molar-refractivity contribution < 1.29 is 4.79 Å². The molecule has 0 radical (unpaired) electrons. The number of nitrogens with one attached hydrogen (secondary N) is 2. The summed E-state index contributed by atoms with van der Waals surface area (Å²) in [4.78, 5) is 16.5. The third kappa shape index (κ3) is 3.34. The SMILES string of the molecule is CCCc1cc(C(=O)NC(C)c2cn[nH]c2)cc(N)n1. The second-order valence-corrected chi connectivity index (χ2v) is 4.75. The summed E-state index contributed by atoms with van der Waals surface area (Å²) in [5.74, 6) is 0.210. The Balaban J connectivity index is 2.12. The Kier molecular flexibility index (Phi) is 4.34. The van der Waals surface area contributed by atoms with Gasteiger partial charge in [-0.05, 0) is 25.5 Å². The standard InChI is InChI=1S/C14H19N5O/c1-3-4-12-5-10(6-13(15)19-12)14(20)18-9(2)11-7-16-17-8-11/h5-9H,3-4H2,1-2H3,(H2,15,19)(H,16,17)(H,18,20). The van der Waals surface area contributed by atoms with Gasteiger partial charge in [-0.3, -0.25) is 9.89 Å². The minimum atomic E-state index is -0.162. The van der Waals surface area contributed by atoms with Crippen molar-refractivity contribution >= 4 is 11.7 Å². The Morgan fingerprint density at radius 1 is 1.50 bits per heavy atom. The van der Waals surface area contributed by atoms with Gasteiger partial charge in [-0.25, -0.2) is 4.98 Å². The number of amides is 1. The van der Waals surface area contributed by atoms with Crippen LogP contribution in [0.5, 0.6) is 0 Å². The fraction of sp³-hybridized carbons (Fsp3) is 0.357. The number of nitrogens with two attached hydrogens (primary N) is 1. The normalized spacial score (nSPS) is 12.1. The molecule has 0 aliphatic carbocycles. The molecule has 2 aromatic rings. The molecule has 1 unspecified atom stereocenters. The van der Waals surface area contributed by atoms with Gasteiger partial charge in [0.15, 0.2) is 0 Å². The van der Waals surface area contributed by atoms with Crippen LogP contribution in [0.3, 0.4) is 0 Å². The van der Waals surface area contributed by atoms with E-state index in [9.17, 15) is 4.79 Å². The number of carbonyl (C=O) groups is 1. The van der Waals surface area contributed by atoms with Crippen LogP contribution in [0.4, 0.5) is 5.82 Å². The maximum absolute atomic E-state index is 12.2. The van der Waals surface area contributed by atoms with Crippen LogP contribution in [-0.4, -0.2) is 21.1 Å². The molecule has 2 rings (SSSR count). The summed E-state index contributed by atoms with van der Waals surface area (Å²) in [5.41, 5.74) is 8.05. The van der Waals surface area contributed by atoms with Crippen molar-refractivity contribution in [1.82, 2.24) is 20.5 Å². The van der Waals surface area contributed by atoms with Gasteiger partial charge >= 0.3 is 0 Å². The molecule has 1 atom stereocenters. The summed E-state index contributed by atoms with van der Waals surface area (Å²) in [6.45, 7) is 3.96. The number of aryl methyl sites for hydroxylation is 1. The van der Waals surface area contributed by atoms with Gasteiger partial charge in [0, 0.05) is 23.0 Å². The maximum Gasteiger partial charge on any atom is 0.251 e. The van der Waals surface area contributed by atoms with E-state index in [-0.39, 0.29) is 11.9 Å². The van der Waals surface area contributed by atoms with Crippen LogP contribution < -0.4 is 11.1 Å². The van der Waals surface area contributed by atoms with E-state index in [1.807, 2.05) is 6.92 Å². The molecule has 2 aromatic heterocycles. The van der Waals surface area contributed by atoms with Crippen LogP contribution in [0.25, 0.3) is 0 Å². The molecule has 4 N–H and O–H groups in total. The summed E-state index contributed by atoms with van der Waals surface area (Å²) < 4.78 is 0. The Morgan fingerprint density at radius 3 is 2.95 bits per heavy atom. The number of carbonyl (C=O) groups excluding carboxylic acids is 1. The van der Waals surface area contributed by atoms with Crippen molar-refractivity contribution in [2.75, 3.05) is 5.73 Å². The predicted octanol–water partition coefficient (Wildman–Crippen LogP) is 1.83. The number of hydrogen-bond donors (Lipinski definition) is 3. The van der Waals surface area contributed by atoms with Crippen molar-refractivity contribution in [2.45, 2.75) is 32.7 Å². The van der Waals surface area contributed by atoms with Crippen molar-refractivity contribution in [1.29, 1.82) is 0 Å². The van der Waals surface area contributed by atoms with Gasteiger partial charge in [-0.1, -0.05) is 13.3 Å². The zero-order chi connectivity index (χ0) is 14.5. The number of hydrogen-bond acceptors (Lipinski definition) is 4. The zero-order valence-electron chi connectivity index (χ0n) is 11.7. The number of aromatic nitrogens is 3. The third-order valence-electron chi connectivity index (χ3n) is 3.03. The first-order valence-corrected chi connectivity index (χ1v) is 6.66. The van der Waals surface area contributed by atoms with E-state index >= 15 is 0 Å². The summed E-state index contributed by atoms with van der Waals surface area (Å²) >= 11 is 0. The predicted molar refractivity (Wildman–Crippen MR) is 77.1 cm³/mol. The highest BCUT2D eigenvalue weighted by molar-refractivity contribution is 5.95. The van der Waals surface area contributed by atoms with Crippen molar-refractivity contribution in [3.8, 4) is 0 Å². The van der Waals surface area contributed by atoms with Gasteiger partial charge < -0.3 is 11.1 Å². The highest BCUT2D eigenvalue weighted by atomic mass is 16.1. The summed E-state index contributed by atoms with van der Waals surface area (Å²) in [6, 6.07) is 3.26. The number of nitrogens with zero attached hydrogens (tertiary/aromatic N) is 2. The van der Waals surface area contributed by atoms with E-state index in [1.165, 1.54) is 0 Å². The fourth-order valence-electron chi connectivity index (χ4n) is 1.99. The first kappa shape index (κ1) is 14.0. The molecule has 0 aromatic carbocycles. The van der Waals surface area contributed by atoms with E-state index in [0.717, 1.165) is 24.1 Å². The van der Waals surface area contributed by atoms with Crippen LogP contribution in [-0.2, 0) is 6.42 Å². The highest BCUT2D eigenvalue weighted by Crippen LogP contribution is 2.13. The van der Waals surface area contributed by atoms with Crippen molar-refractivity contribution in [2.24, 2.45) is 0 Å². The molecule has 2 heterocycles. The quantitative estimate of drug-likeness (QED) is 0.774. The number of H-pyrrole nitrogens is 1. The van der Waals surface area contributed by atoms with Crippen LogP contribution in [0.1, 0.15) is 47.9 Å². The molecular formula is C14H19N5O. The second kappa shape index (κ2) is 6.18. The number of anilines is 1. The van der Waals surface area contributed by atoms with Crippen molar-refractivity contribution in [3.05, 3.63) is 41.3 Å². The first-order chi connectivity index (χ1) is 9.60. The average molecular weight is 273 g/mol. The second-order valence-electron chi connectivity index (χ2n) is 4.75. The lowest BCUT2D eigenvalue weighted by atomic mass is 10.1. The Morgan fingerprint density at radius 2 is 2.30 bits per heavy atom. The lowest BCUT2D eigenvalue weighted by Crippen LogP contribution is -2.26. The van der Waals surface area contributed by atoms with E-state index in [2.05, 4.69) is 27.4 Å². The number of pyridine rings is 1. The van der Waals surface area contributed by atoms with Crippen LogP contribution in [0.2, 0.25) is 0 Å². The van der Waals surface area contributed by atoms with Crippen LogP contribution in [0.15, 0.2) is 24.5 Å². The highest BCUT2D eigenvalue weighted by Gasteiger charge is 2.13. The minimum absolute atomic E-state index is 0.120. The number of rotatable bonds is 5. The minimum Gasteiger partial charge on any atom is -0.384 e. The van der Waals surface area contributed by atoms with E-state index in [1.54, 1.807) is 24.5 Å². The molecule has 106 valence electrons. The van der Waals surface area contributed by atoms with Gasteiger partial charge in [0.05, 0.1) is 12.2 Å². The van der Waals surface area contributed by atoms with Gasteiger partial charge in [-0.15, -0.1) is 0 Å². The zero-order valence-corrected chi connectivity index (χ0v) is 11.7. The van der Waals surface area contributed by atoms with Crippen molar-refractivity contribution in [3.63, 3.8) is 0 Å². The molecule has 20 heavy (non-hydrogen) atoms. The smallest absolute Gasteiger partial charge is 0.251 e. The van der Waals surface area contributed by atoms with E-state index in [0.29, 0.717) is 11.4 Å². The molecule has 0 saturated carbocycles. The third-order valence-corrected chi connectivity index (χ3v) is 3.03. The maximum atomic E-state index is 12.2. The summed E-state index contributed by atoms with van der Waals surface area (Å²) in [6.07, 6.45) is 5.22. The number of nitrogen functional groups attached to an aromatic ring is 1. The molecule has 0 spiro atoms. The van der Waals surface area contributed by atoms with Crippen LogP contribution in [0, 0.1) is 0 Å². The molecule has 6 nitrogen and oxygen atoms in total. The molecule has 0 aliphatic heterocycles. The van der Waals surface area contributed by atoms with Gasteiger partial charge in [0.1, 0.15) is 5.82 Å². The summed E-state index contributed by atoms with van der Waals surface area (Å²) in [7, 11) is 0. The van der Waals surface area contributed by atoms with E-state index in [4.69, 9.17) is 5.73 Å². The molecule has 6 heteroatoms. The summed E-state index contributed by atoms with van der Waals surface area (Å²) in [5, 5.41) is 9.51. The lowest BCUT2D eigenvalue weighted by Gasteiger charge is -2.13. The van der Waals surface area contributed by atoms with Crippen LogP contribution >= 0.6 is 0 Å². The fourth-order valence-corrected chi connectivity index (χ4v) is 1.99. The number of aromatic amines is 1. The molecule has 0 fully saturated rings. The van der Waals surface area contributed by atoms with Gasteiger partial charge in [0.25, 0.3) is 5.91 Å². The Bertz CT molecular complexity index is 579. The Labute approximate surface area is 117 Å². The Hall–Kier alpha value is -2.37. The van der Waals surface area contributed by atoms with Gasteiger partial charge in [-0.2, -0.15) is 5.10 Å². The monoisotopic (exact) mass is 273 g/mol. The molecule has 0 bridgehead atoms. The van der Waals surface area contributed by atoms with Gasteiger partial charge in [0.2, 0.25) is 0 Å². The van der Waals surface area contributed by atoms with E-state index < -0.39 is 0 Å².